The van der Waals surface area contributed by atoms with Gasteiger partial charge in [0.25, 0.3) is 5.91 Å². The summed E-state index contributed by atoms with van der Waals surface area (Å²) in [5.41, 5.74) is 2.39. The van der Waals surface area contributed by atoms with Crippen LogP contribution in [0.2, 0.25) is 5.02 Å². The van der Waals surface area contributed by atoms with Crippen molar-refractivity contribution in [2.24, 2.45) is 0 Å². The molecule has 1 N–H and O–H groups in total. The molecule has 0 radical (unpaired) electrons. The molecule has 1 aromatic heterocycles. The van der Waals surface area contributed by atoms with Gasteiger partial charge in [0.1, 0.15) is 5.75 Å². The van der Waals surface area contributed by atoms with Crippen LogP contribution >= 0.6 is 27.5 Å². The van der Waals surface area contributed by atoms with Crippen LogP contribution in [-0.4, -0.2) is 41.9 Å². The van der Waals surface area contributed by atoms with E-state index in [4.69, 9.17) is 16.3 Å². The Balaban J connectivity index is 1.44. The molecule has 4 rings (SSSR count). The first-order valence-electron chi connectivity index (χ1n) is 9.23. The van der Waals surface area contributed by atoms with Crippen LogP contribution in [-0.2, 0) is 0 Å². The molecule has 1 aliphatic heterocycles. The minimum Gasteiger partial charge on any atom is -0.495 e. The quantitative estimate of drug-likeness (QED) is 0.597. The van der Waals surface area contributed by atoms with Crippen molar-refractivity contribution in [2.45, 2.75) is 12.5 Å². The van der Waals surface area contributed by atoms with E-state index in [1.807, 2.05) is 48.7 Å². The minimum absolute atomic E-state index is 0.0497. The summed E-state index contributed by atoms with van der Waals surface area (Å²) >= 11 is 9.55. The number of hydrogen-bond donors (Lipinski definition) is 1. The van der Waals surface area contributed by atoms with Crippen molar-refractivity contribution >= 4 is 39.1 Å². The fraction of sp³-hybridized carbons (Fsp3) is 0.238. The second-order valence-corrected chi connectivity index (χ2v) is 8.23. The Kier molecular flexibility index (Phi) is 5.78. The van der Waals surface area contributed by atoms with Crippen molar-refractivity contribution in [3.05, 3.63) is 69.9 Å². The third-order valence-corrected chi connectivity index (χ3v) is 5.57. The Morgan fingerprint density at radius 1 is 1.31 bits per heavy atom. The first-order valence-corrected chi connectivity index (χ1v) is 10.4. The number of carbonyl (C=O) groups is 1. The normalized spacial score (nSPS) is 16.1. The van der Waals surface area contributed by atoms with Gasteiger partial charge in [0.15, 0.2) is 0 Å². The maximum Gasteiger partial charge on any atom is 0.251 e. The molecule has 1 aliphatic rings. The predicted octanol–water partition coefficient (Wildman–Crippen LogP) is 4.31. The van der Waals surface area contributed by atoms with E-state index < -0.39 is 0 Å². The van der Waals surface area contributed by atoms with Crippen LogP contribution in [0.1, 0.15) is 16.8 Å². The molecule has 0 spiro atoms. The van der Waals surface area contributed by atoms with Crippen molar-refractivity contribution in [1.82, 2.24) is 15.1 Å². The molecule has 1 amide bonds. The van der Waals surface area contributed by atoms with E-state index in [2.05, 4.69) is 31.2 Å². The van der Waals surface area contributed by atoms with Gasteiger partial charge in [0.2, 0.25) is 0 Å². The third-order valence-electron chi connectivity index (χ3n) is 4.93. The fourth-order valence-corrected chi connectivity index (χ4v) is 3.96. The Hall–Kier alpha value is -2.51. The molecule has 0 aliphatic carbocycles. The summed E-state index contributed by atoms with van der Waals surface area (Å²) in [6.45, 7) is 1.53. The Labute approximate surface area is 182 Å². The average Bonchev–Trinajstić information content (AvgIpc) is 3.37. The van der Waals surface area contributed by atoms with Crippen LogP contribution < -0.4 is 15.0 Å². The molecule has 150 valence electrons. The molecule has 6 nitrogen and oxygen atoms in total. The van der Waals surface area contributed by atoms with E-state index in [0.717, 1.165) is 34.6 Å². The number of benzene rings is 2. The summed E-state index contributed by atoms with van der Waals surface area (Å²) in [6, 6.07) is 13.0. The van der Waals surface area contributed by atoms with Gasteiger partial charge in [-0.05, 0) is 58.7 Å². The number of halogens is 2. The monoisotopic (exact) mass is 474 g/mol. The smallest absolute Gasteiger partial charge is 0.251 e. The van der Waals surface area contributed by atoms with Crippen molar-refractivity contribution in [2.75, 3.05) is 25.1 Å². The number of nitrogens with zero attached hydrogens (tertiary/aromatic N) is 3. The highest BCUT2D eigenvalue weighted by Crippen LogP contribution is 2.33. The number of methoxy groups -OCH3 is 1. The van der Waals surface area contributed by atoms with Gasteiger partial charge in [0, 0.05) is 35.9 Å². The van der Waals surface area contributed by atoms with E-state index in [-0.39, 0.29) is 11.9 Å². The summed E-state index contributed by atoms with van der Waals surface area (Å²) in [5, 5.41) is 8.07. The number of ether oxygens (including phenoxy) is 1. The average molecular weight is 476 g/mol. The van der Waals surface area contributed by atoms with E-state index in [1.165, 1.54) is 0 Å². The Bertz CT molecular complexity index is 1040. The highest BCUT2D eigenvalue weighted by atomic mass is 79.9. The summed E-state index contributed by atoms with van der Waals surface area (Å²) in [6.07, 6.45) is 4.42. The summed E-state index contributed by atoms with van der Waals surface area (Å²) < 4.78 is 8.07. The lowest BCUT2D eigenvalue weighted by atomic mass is 10.1. The largest absolute Gasteiger partial charge is 0.495 e. The lowest BCUT2D eigenvalue weighted by Crippen LogP contribution is -2.37. The molecular formula is C21H20BrClN4O2. The van der Waals surface area contributed by atoms with Crippen molar-refractivity contribution in [3.63, 3.8) is 0 Å². The van der Waals surface area contributed by atoms with Gasteiger partial charge >= 0.3 is 0 Å². The number of carbonyl (C=O) groups excluding carboxylic acids is 1. The lowest BCUT2D eigenvalue weighted by Gasteiger charge is -2.21. The van der Waals surface area contributed by atoms with E-state index >= 15 is 0 Å². The van der Waals surface area contributed by atoms with Gasteiger partial charge in [-0.3, -0.25) is 4.79 Å². The van der Waals surface area contributed by atoms with Crippen LogP contribution in [0, 0.1) is 0 Å². The topological polar surface area (TPSA) is 59.4 Å². The summed E-state index contributed by atoms with van der Waals surface area (Å²) in [5.74, 6) is 0.683. The van der Waals surface area contributed by atoms with Gasteiger partial charge in [-0.1, -0.05) is 17.7 Å². The standard InChI is InChI=1S/C21H20BrClN4O2/c1-29-20-6-5-16(23)10-19(20)26-8-7-17(13-26)25-21(28)14-3-2-4-18(9-14)27-12-15(22)11-24-27/h2-6,9-12,17H,7-8,13H2,1H3,(H,25,28). The predicted molar refractivity (Wildman–Crippen MR) is 117 cm³/mol. The third kappa shape index (κ3) is 4.41. The highest BCUT2D eigenvalue weighted by molar-refractivity contribution is 9.10. The van der Waals surface area contributed by atoms with Crippen molar-refractivity contribution < 1.29 is 9.53 Å². The molecule has 1 fully saturated rings. The van der Waals surface area contributed by atoms with E-state index in [9.17, 15) is 4.79 Å². The molecule has 1 atom stereocenters. The number of rotatable bonds is 5. The Morgan fingerprint density at radius 2 is 2.17 bits per heavy atom. The highest BCUT2D eigenvalue weighted by Gasteiger charge is 2.26. The van der Waals surface area contributed by atoms with Crippen LogP contribution in [0.4, 0.5) is 5.69 Å². The second kappa shape index (κ2) is 8.47. The second-order valence-electron chi connectivity index (χ2n) is 6.87. The number of nitrogens with one attached hydrogen (secondary N) is 1. The minimum atomic E-state index is -0.0945. The molecular weight excluding hydrogens is 456 g/mol. The van der Waals surface area contributed by atoms with Crippen LogP contribution in [0.3, 0.4) is 0 Å². The zero-order valence-electron chi connectivity index (χ0n) is 15.8. The van der Waals surface area contributed by atoms with Gasteiger partial charge in [-0.2, -0.15) is 5.10 Å². The molecule has 2 aromatic carbocycles. The first kappa shape index (κ1) is 19.8. The number of aromatic nitrogens is 2. The van der Waals surface area contributed by atoms with Crippen LogP contribution in [0.15, 0.2) is 59.3 Å². The molecule has 0 saturated carbocycles. The molecule has 1 saturated heterocycles. The van der Waals surface area contributed by atoms with Gasteiger partial charge < -0.3 is 15.0 Å². The summed E-state index contributed by atoms with van der Waals surface area (Å²) in [4.78, 5) is 15.0. The zero-order chi connectivity index (χ0) is 20.4. The van der Waals surface area contributed by atoms with Crippen LogP contribution in [0.25, 0.3) is 5.69 Å². The lowest BCUT2D eigenvalue weighted by molar-refractivity contribution is 0.0940. The van der Waals surface area contributed by atoms with Gasteiger partial charge in [0.05, 0.1) is 29.2 Å². The first-order chi connectivity index (χ1) is 14.0. The molecule has 8 heteroatoms. The SMILES string of the molecule is COc1ccc(Cl)cc1N1CCC(NC(=O)c2cccc(-n3cc(Br)cn3)c2)C1. The number of hydrogen-bond acceptors (Lipinski definition) is 4. The maximum absolute atomic E-state index is 12.8. The number of anilines is 1. The van der Waals surface area contributed by atoms with Crippen LogP contribution in [0.5, 0.6) is 5.75 Å². The molecule has 29 heavy (non-hydrogen) atoms. The van der Waals surface area contributed by atoms with Crippen molar-refractivity contribution in [1.29, 1.82) is 0 Å². The van der Waals surface area contributed by atoms with Crippen molar-refractivity contribution in [3.8, 4) is 11.4 Å². The molecule has 1 unspecified atom stereocenters. The Morgan fingerprint density at radius 3 is 2.93 bits per heavy atom. The molecule has 3 aromatic rings. The fourth-order valence-electron chi connectivity index (χ4n) is 3.51. The van der Waals surface area contributed by atoms with E-state index in [1.54, 1.807) is 18.0 Å². The van der Waals surface area contributed by atoms with Gasteiger partial charge in [-0.25, -0.2) is 4.68 Å². The maximum atomic E-state index is 12.8. The number of amides is 1. The molecule has 2 heterocycles. The summed E-state index contributed by atoms with van der Waals surface area (Å²) in [7, 11) is 1.65. The zero-order valence-corrected chi connectivity index (χ0v) is 18.2. The van der Waals surface area contributed by atoms with Gasteiger partial charge in [-0.15, -0.1) is 0 Å². The molecule has 0 bridgehead atoms. The van der Waals surface area contributed by atoms with E-state index in [0.29, 0.717) is 17.1 Å².